The van der Waals surface area contributed by atoms with Crippen molar-refractivity contribution >= 4 is 5.97 Å². The SMILES string of the molecule is CCCCCCC/C=C\CCCCCCCCOCC(COC1OC(CO)C(O)C(O)C1O)OC(=O)CCCCCCCCCCC. The zero-order valence-corrected chi connectivity index (χ0v) is 30.0. The van der Waals surface area contributed by atoms with Gasteiger partial charge >= 0.3 is 5.97 Å². The minimum Gasteiger partial charge on any atom is -0.457 e. The molecule has 1 aliphatic heterocycles. The van der Waals surface area contributed by atoms with Crippen LogP contribution in [0.1, 0.15) is 162 Å². The highest BCUT2D eigenvalue weighted by Gasteiger charge is 2.44. The van der Waals surface area contributed by atoms with E-state index in [1.165, 1.54) is 109 Å². The summed E-state index contributed by atoms with van der Waals surface area (Å²) in [5.74, 6) is -0.319. The molecule has 1 aliphatic rings. The van der Waals surface area contributed by atoms with Crippen molar-refractivity contribution < 1.29 is 44.2 Å². The van der Waals surface area contributed by atoms with E-state index >= 15 is 0 Å². The monoisotopic (exact) mass is 673 g/mol. The lowest BCUT2D eigenvalue weighted by atomic mass is 9.99. The molecule has 0 aromatic carbocycles. The van der Waals surface area contributed by atoms with E-state index in [0.717, 1.165) is 32.1 Å². The fourth-order valence-electron chi connectivity index (χ4n) is 5.84. The second kappa shape index (κ2) is 30.9. The van der Waals surface area contributed by atoms with Crippen LogP contribution in [0.3, 0.4) is 0 Å². The molecule has 0 aromatic heterocycles. The molecule has 47 heavy (non-hydrogen) atoms. The number of allylic oxidation sites excluding steroid dienone is 2. The molecule has 6 unspecified atom stereocenters. The molecule has 0 saturated carbocycles. The lowest BCUT2D eigenvalue weighted by Gasteiger charge is -2.39. The predicted octanol–water partition coefficient (Wildman–Crippen LogP) is 7.30. The first-order valence-corrected chi connectivity index (χ1v) is 19.3. The number of aliphatic hydroxyl groups is 4. The van der Waals surface area contributed by atoms with Gasteiger partial charge in [-0.1, -0.05) is 129 Å². The molecule has 6 atom stereocenters. The van der Waals surface area contributed by atoms with Gasteiger partial charge in [0.05, 0.1) is 19.8 Å². The Bertz CT molecular complexity index is 732. The van der Waals surface area contributed by atoms with E-state index < -0.39 is 43.4 Å². The van der Waals surface area contributed by atoms with E-state index in [4.69, 9.17) is 18.9 Å². The number of hydrogen-bond acceptors (Lipinski definition) is 9. The van der Waals surface area contributed by atoms with Gasteiger partial charge in [-0.15, -0.1) is 0 Å². The second-order valence-corrected chi connectivity index (χ2v) is 13.4. The van der Waals surface area contributed by atoms with Crippen molar-refractivity contribution in [1.82, 2.24) is 0 Å². The summed E-state index contributed by atoms with van der Waals surface area (Å²) in [6, 6.07) is 0. The lowest BCUT2D eigenvalue weighted by Crippen LogP contribution is -2.59. The largest absolute Gasteiger partial charge is 0.457 e. The third-order valence-corrected chi connectivity index (χ3v) is 8.93. The van der Waals surface area contributed by atoms with E-state index in [1.807, 2.05) is 0 Å². The predicted molar refractivity (Wildman–Crippen MR) is 187 cm³/mol. The van der Waals surface area contributed by atoms with E-state index in [1.54, 1.807) is 0 Å². The molecule has 0 aromatic rings. The fraction of sp³-hybridized carbons (Fsp3) is 0.921. The summed E-state index contributed by atoms with van der Waals surface area (Å²) in [6.45, 7) is 4.51. The average Bonchev–Trinajstić information content (AvgIpc) is 3.07. The van der Waals surface area contributed by atoms with Gasteiger partial charge < -0.3 is 39.4 Å². The van der Waals surface area contributed by atoms with Crippen LogP contribution in [-0.4, -0.2) is 89.6 Å². The molecule has 1 rings (SSSR count). The molecule has 0 spiro atoms. The van der Waals surface area contributed by atoms with E-state index in [9.17, 15) is 25.2 Å². The van der Waals surface area contributed by atoms with Crippen LogP contribution >= 0.6 is 0 Å². The summed E-state index contributed by atoms with van der Waals surface area (Å²) < 4.78 is 22.7. The maximum atomic E-state index is 12.6. The Labute approximate surface area is 286 Å². The third-order valence-electron chi connectivity index (χ3n) is 8.93. The van der Waals surface area contributed by atoms with E-state index in [2.05, 4.69) is 26.0 Å². The first-order valence-electron chi connectivity index (χ1n) is 19.3. The van der Waals surface area contributed by atoms with Gasteiger partial charge in [-0.25, -0.2) is 0 Å². The molecule has 4 N–H and O–H groups in total. The van der Waals surface area contributed by atoms with Crippen molar-refractivity contribution in [3.05, 3.63) is 12.2 Å². The molecule has 1 heterocycles. The van der Waals surface area contributed by atoms with Gasteiger partial charge in [0.2, 0.25) is 0 Å². The quantitative estimate of drug-likeness (QED) is 0.0330. The van der Waals surface area contributed by atoms with Crippen LogP contribution in [0, 0.1) is 0 Å². The average molecular weight is 673 g/mol. The molecule has 9 heteroatoms. The Morgan fingerprint density at radius 3 is 1.72 bits per heavy atom. The van der Waals surface area contributed by atoms with Gasteiger partial charge in [-0.05, 0) is 38.5 Å². The highest BCUT2D eigenvalue weighted by atomic mass is 16.7. The maximum Gasteiger partial charge on any atom is 0.306 e. The molecule has 0 radical (unpaired) electrons. The van der Waals surface area contributed by atoms with Crippen molar-refractivity contribution in [3.8, 4) is 0 Å². The summed E-state index contributed by atoms with van der Waals surface area (Å²) in [6.07, 6.45) is 23.8. The molecule has 9 nitrogen and oxygen atoms in total. The van der Waals surface area contributed by atoms with Crippen molar-refractivity contribution in [3.63, 3.8) is 0 Å². The highest BCUT2D eigenvalue weighted by Crippen LogP contribution is 2.22. The number of hydrogen-bond donors (Lipinski definition) is 4. The molecule has 1 saturated heterocycles. The van der Waals surface area contributed by atoms with Crippen molar-refractivity contribution in [2.75, 3.05) is 26.4 Å². The van der Waals surface area contributed by atoms with Gasteiger partial charge in [-0.2, -0.15) is 0 Å². The Morgan fingerprint density at radius 2 is 1.17 bits per heavy atom. The van der Waals surface area contributed by atoms with Crippen LogP contribution in [-0.2, 0) is 23.7 Å². The molecule has 1 fully saturated rings. The topological polar surface area (TPSA) is 135 Å². The summed E-state index contributed by atoms with van der Waals surface area (Å²) in [7, 11) is 0. The molecular weight excluding hydrogens is 600 g/mol. The Balaban J connectivity index is 2.31. The number of carbonyl (C=O) groups is 1. The zero-order valence-electron chi connectivity index (χ0n) is 30.0. The lowest BCUT2D eigenvalue weighted by molar-refractivity contribution is -0.305. The van der Waals surface area contributed by atoms with Crippen LogP contribution in [0.25, 0.3) is 0 Å². The van der Waals surface area contributed by atoms with Gasteiger partial charge in [-0.3, -0.25) is 4.79 Å². The Kier molecular flexibility index (Phi) is 28.9. The first kappa shape index (κ1) is 44.0. The Morgan fingerprint density at radius 1 is 0.660 bits per heavy atom. The summed E-state index contributed by atoms with van der Waals surface area (Å²) in [5, 5.41) is 39.9. The van der Waals surface area contributed by atoms with Gasteiger partial charge in [0.15, 0.2) is 6.29 Å². The molecule has 0 aliphatic carbocycles. The highest BCUT2D eigenvalue weighted by molar-refractivity contribution is 5.69. The van der Waals surface area contributed by atoms with E-state index in [-0.39, 0.29) is 19.2 Å². The molecule has 0 bridgehead atoms. The maximum absolute atomic E-state index is 12.6. The van der Waals surface area contributed by atoms with Gasteiger partial charge in [0.1, 0.15) is 30.5 Å². The van der Waals surface area contributed by atoms with Crippen LogP contribution in [0.5, 0.6) is 0 Å². The number of rotatable bonds is 32. The summed E-state index contributed by atoms with van der Waals surface area (Å²) in [5.41, 5.74) is 0. The third kappa shape index (κ3) is 23.1. The number of carbonyl (C=O) groups excluding carboxylic acids is 1. The first-order chi connectivity index (χ1) is 22.9. The van der Waals surface area contributed by atoms with Gasteiger partial charge in [0, 0.05) is 13.0 Å². The van der Waals surface area contributed by atoms with Gasteiger partial charge in [0.25, 0.3) is 0 Å². The summed E-state index contributed by atoms with van der Waals surface area (Å²) in [4.78, 5) is 12.6. The van der Waals surface area contributed by atoms with Crippen LogP contribution < -0.4 is 0 Å². The second-order valence-electron chi connectivity index (χ2n) is 13.4. The number of esters is 1. The normalized spacial score (nSPS) is 22.2. The Hall–Kier alpha value is -1.07. The molecular formula is C38H72O9. The van der Waals surface area contributed by atoms with Crippen molar-refractivity contribution in [2.45, 2.75) is 198 Å². The van der Waals surface area contributed by atoms with Crippen molar-refractivity contribution in [1.29, 1.82) is 0 Å². The standard InChI is InChI=1S/C38H72O9/c1-3-5-7-9-11-13-14-15-16-17-18-20-22-24-26-28-44-30-32(31-45-38-37(43)36(42)35(41)33(29-39)47-38)46-34(40)27-25-23-21-19-12-10-8-6-4-2/h14-15,32-33,35-39,41-43H,3-13,16-31H2,1-2H3/b15-14-. The number of ether oxygens (including phenoxy) is 4. The van der Waals surface area contributed by atoms with Crippen LogP contribution in [0.4, 0.5) is 0 Å². The van der Waals surface area contributed by atoms with E-state index in [0.29, 0.717) is 13.0 Å². The number of unbranched alkanes of at least 4 members (excludes halogenated alkanes) is 19. The summed E-state index contributed by atoms with van der Waals surface area (Å²) >= 11 is 0. The zero-order chi connectivity index (χ0) is 34.4. The van der Waals surface area contributed by atoms with Crippen LogP contribution in [0.15, 0.2) is 12.2 Å². The minimum absolute atomic E-state index is 0.112. The molecule has 278 valence electrons. The smallest absolute Gasteiger partial charge is 0.306 e. The van der Waals surface area contributed by atoms with Crippen LogP contribution in [0.2, 0.25) is 0 Å². The minimum atomic E-state index is -1.53. The number of aliphatic hydroxyl groups excluding tert-OH is 4. The molecule has 0 amide bonds. The fourth-order valence-corrected chi connectivity index (χ4v) is 5.84. The van der Waals surface area contributed by atoms with Crippen molar-refractivity contribution in [2.24, 2.45) is 0 Å².